The van der Waals surface area contributed by atoms with Gasteiger partial charge in [-0.15, -0.1) is 0 Å². The highest BCUT2D eigenvalue weighted by atomic mass is 28.3. The summed E-state index contributed by atoms with van der Waals surface area (Å²) >= 11 is 0. The van der Waals surface area contributed by atoms with Crippen molar-refractivity contribution in [3.63, 3.8) is 0 Å². The quantitative estimate of drug-likeness (QED) is 0.472. The third kappa shape index (κ3) is 1.04. The first-order valence-corrected chi connectivity index (χ1v) is 4.98. The zero-order valence-electron chi connectivity index (χ0n) is 5.43. The minimum Gasteiger partial charge on any atom is -0.208 e. The second-order valence-electron chi connectivity index (χ2n) is 2.64. The van der Waals surface area contributed by atoms with E-state index in [0.717, 1.165) is 18.8 Å². The van der Waals surface area contributed by atoms with Gasteiger partial charge in [0.05, 0.1) is 13.2 Å². The van der Waals surface area contributed by atoms with Gasteiger partial charge in [-0.3, -0.25) is 0 Å². The Morgan fingerprint density at radius 1 is 1.11 bits per heavy atom. The molecule has 50 valence electrons. The third-order valence-electron chi connectivity index (χ3n) is 1.99. The molecule has 0 bridgehead atoms. The highest BCUT2D eigenvalue weighted by Gasteiger charge is 2.50. The van der Waals surface area contributed by atoms with Crippen LogP contribution in [0.4, 0.5) is 0 Å². The van der Waals surface area contributed by atoms with Crippen LogP contribution in [-0.2, 0) is 8.85 Å². The summed E-state index contributed by atoms with van der Waals surface area (Å²) in [6.45, 7) is 1.91. The minimum absolute atomic E-state index is 0.754. The molecule has 2 nitrogen and oxygen atoms in total. The summed E-state index contributed by atoms with van der Waals surface area (Å²) in [4.78, 5) is 0. The number of rotatable bonds is 0. The molecule has 1 unspecified atom stereocenters. The van der Waals surface area contributed by atoms with Crippen LogP contribution >= 0.6 is 0 Å². The Bertz CT molecular complexity index is 95.2. The molecule has 0 aromatic heterocycles. The molecule has 2 aliphatic heterocycles. The molecule has 1 atom stereocenters. The lowest BCUT2D eigenvalue weighted by molar-refractivity contribution is 0.204. The van der Waals surface area contributed by atoms with Crippen LogP contribution in [-0.4, -0.2) is 22.5 Å². The van der Waals surface area contributed by atoms with Gasteiger partial charge < -0.3 is 0 Å². The molecule has 3 heteroatoms. The van der Waals surface area contributed by atoms with Crippen LogP contribution < -0.4 is 0 Å². The van der Waals surface area contributed by atoms with Crippen LogP contribution in [0.2, 0.25) is 5.54 Å². The van der Waals surface area contributed by atoms with Gasteiger partial charge in [0.15, 0.2) is 0 Å². The van der Waals surface area contributed by atoms with E-state index >= 15 is 0 Å². The highest BCUT2D eigenvalue weighted by molar-refractivity contribution is 6.47. The van der Waals surface area contributed by atoms with E-state index in [1.54, 1.807) is 0 Å². The van der Waals surface area contributed by atoms with Gasteiger partial charge in [0.25, 0.3) is 0 Å². The molecule has 0 amide bonds. The lowest BCUT2D eigenvalue weighted by Gasteiger charge is -2.08. The van der Waals surface area contributed by atoms with Gasteiger partial charge in [-0.1, -0.05) is 0 Å². The van der Waals surface area contributed by atoms with E-state index in [2.05, 4.69) is 0 Å². The van der Waals surface area contributed by atoms with Crippen molar-refractivity contribution in [1.29, 1.82) is 0 Å². The average molecular weight is 143 g/mol. The molecule has 0 N–H and O–H groups in total. The summed E-state index contributed by atoms with van der Waals surface area (Å²) in [6, 6.07) is 0. The van der Waals surface area contributed by atoms with Gasteiger partial charge in [0.1, 0.15) is 5.54 Å². The van der Waals surface area contributed by atoms with Crippen LogP contribution in [0.1, 0.15) is 19.3 Å². The highest BCUT2D eigenvalue weighted by Crippen LogP contribution is 2.32. The molecular weight excluding hydrogens is 132 g/mol. The molecule has 0 saturated carbocycles. The molecule has 2 heterocycles. The zero-order chi connectivity index (χ0) is 6.10. The molecule has 0 spiro atoms. The van der Waals surface area contributed by atoms with Crippen molar-refractivity contribution < 1.29 is 8.85 Å². The minimum atomic E-state index is -0.754. The fraction of sp³-hybridized carbons (Fsp3) is 1.00. The molecule has 2 fully saturated rings. The monoisotopic (exact) mass is 143 g/mol. The third-order valence-corrected chi connectivity index (χ3v) is 4.21. The Kier molecular flexibility index (Phi) is 1.57. The van der Waals surface area contributed by atoms with E-state index in [0.29, 0.717) is 0 Å². The lowest BCUT2D eigenvalue weighted by Crippen LogP contribution is -2.27. The summed E-state index contributed by atoms with van der Waals surface area (Å²) in [5, 5.41) is 0. The summed E-state index contributed by atoms with van der Waals surface area (Å²) in [5.41, 5.74) is 0.823. The van der Waals surface area contributed by atoms with Gasteiger partial charge in [0.2, 0.25) is 0 Å². The van der Waals surface area contributed by atoms with Crippen LogP contribution in [0.3, 0.4) is 0 Å². The van der Waals surface area contributed by atoms with Gasteiger partial charge in [-0.05, 0) is 12.8 Å². The zero-order valence-corrected chi connectivity index (χ0v) is 6.43. The van der Waals surface area contributed by atoms with Crippen molar-refractivity contribution in [2.24, 2.45) is 0 Å². The lowest BCUT2D eigenvalue weighted by atomic mass is 10.2. The summed E-state index contributed by atoms with van der Waals surface area (Å²) in [6.07, 6.45) is 3.87. The predicted octanol–water partition coefficient (Wildman–Crippen LogP) is 1.08. The number of fused-ring (bicyclic) bond motifs is 1. The van der Waals surface area contributed by atoms with Gasteiger partial charge in [-0.25, -0.2) is 8.85 Å². The SMILES string of the molecule is C1CO[Si+]2OCCC2C1. The Morgan fingerprint density at radius 3 is 2.89 bits per heavy atom. The van der Waals surface area contributed by atoms with E-state index < -0.39 is 9.28 Å². The maximum atomic E-state index is 5.48. The second-order valence-corrected chi connectivity index (χ2v) is 4.68. The molecule has 0 aromatic carbocycles. The molecular formula is C6H11O2Si+. The number of hydrogen-bond donors (Lipinski definition) is 0. The van der Waals surface area contributed by atoms with Crippen molar-refractivity contribution in [2.75, 3.05) is 13.2 Å². The molecule has 2 aliphatic rings. The van der Waals surface area contributed by atoms with E-state index in [9.17, 15) is 0 Å². The van der Waals surface area contributed by atoms with E-state index in [4.69, 9.17) is 8.85 Å². The van der Waals surface area contributed by atoms with Crippen molar-refractivity contribution in [3.05, 3.63) is 0 Å². The van der Waals surface area contributed by atoms with Gasteiger partial charge in [0, 0.05) is 6.42 Å². The normalized spacial score (nSPS) is 34.7. The fourth-order valence-electron chi connectivity index (χ4n) is 1.46. The Balaban J connectivity index is 1.97. The summed E-state index contributed by atoms with van der Waals surface area (Å²) < 4.78 is 10.9. The topological polar surface area (TPSA) is 18.5 Å². The largest absolute Gasteiger partial charge is 0.647 e. The summed E-state index contributed by atoms with van der Waals surface area (Å²) in [5.74, 6) is 0. The van der Waals surface area contributed by atoms with E-state index in [1.165, 1.54) is 19.3 Å². The first-order valence-electron chi connectivity index (χ1n) is 3.59. The standard InChI is InChI=1S/C6H11O2Si/c1-2-6-3-5-8-9(6)7-4-1/h6H,1-5H2/q+1. The Labute approximate surface area is 57.0 Å². The Hall–Kier alpha value is 0.137. The van der Waals surface area contributed by atoms with Crippen molar-refractivity contribution >= 4 is 9.28 Å². The first kappa shape index (κ1) is 5.89. The average Bonchev–Trinajstić information content (AvgIpc) is 2.33. The van der Waals surface area contributed by atoms with Crippen molar-refractivity contribution in [3.8, 4) is 0 Å². The van der Waals surface area contributed by atoms with Gasteiger partial charge in [-0.2, -0.15) is 0 Å². The fourth-order valence-corrected chi connectivity index (χ4v) is 3.47. The van der Waals surface area contributed by atoms with Crippen molar-refractivity contribution in [2.45, 2.75) is 24.8 Å². The smallest absolute Gasteiger partial charge is 0.208 e. The van der Waals surface area contributed by atoms with E-state index in [-0.39, 0.29) is 0 Å². The molecule has 2 saturated heterocycles. The van der Waals surface area contributed by atoms with Crippen LogP contribution in [0.5, 0.6) is 0 Å². The van der Waals surface area contributed by atoms with Gasteiger partial charge >= 0.3 is 9.28 Å². The molecule has 0 radical (unpaired) electrons. The van der Waals surface area contributed by atoms with Crippen LogP contribution in [0.15, 0.2) is 0 Å². The molecule has 0 aliphatic carbocycles. The van der Waals surface area contributed by atoms with Crippen molar-refractivity contribution in [1.82, 2.24) is 0 Å². The molecule has 9 heavy (non-hydrogen) atoms. The maximum absolute atomic E-state index is 5.48. The Morgan fingerprint density at radius 2 is 2.00 bits per heavy atom. The first-order chi connectivity index (χ1) is 4.47. The van der Waals surface area contributed by atoms with Crippen LogP contribution in [0, 0.1) is 0 Å². The van der Waals surface area contributed by atoms with Crippen LogP contribution in [0.25, 0.3) is 0 Å². The molecule has 2 rings (SSSR count). The summed E-state index contributed by atoms with van der Waals surface area (Å²) in [7, 11) is -0.754. The van der Waals surface area contributed by atoms with E-state index in [1.807, 2.05) is 0 Å². The maximum Gasteiger partial charge on any atom is 0.647 e. The predicted molar refractivity (Wildman–Crippen MR) is 35.3 cm³/mol. The second kappa shape index (κ2) is 2.40. The molecule has 0 aromatic rings. The number of hydrogen-bond acceptors (Lipinski definition) is 2.